The molecule has 0 N–H and O–H groups in total. The SMILES string of the molecule is O=c1oc2ccccc2n1CCN1CCC(c2ccncc2)CC1. The molecule has 1 fully saturated rings. The van der Waals surface area contributed by atoms with Gasteiger partial charge in [0, 0.05) is 25.5 Å². The number of fused-ring (bicyclic) bond motifs is 1. The number of oxazole rings is 1. The number of hydrogen-bond donors (Lipinski definition) is 0. The Morgan fingerprint density at radius 3 is 2.58 bits per heavy atom. The summed E-state index contributed by atoms with van der Waals surface area (Å²) in [4.78, 5) is 18.6. The fourth-order valence-corrected chi connectivity index (χ4v) is 3.59. The molecule has 0 spiro atoms. The van der Waals surface area contributed by atoms with Gasteiger partial charge in [-0.3, -0.25) is 9.55 Å². The van der Waals surface area contributed by atoms with Gasteiger partial charge in [-0.25, -0.2) is 4.79 Å². The maximum Gasteiger partial charge on any atom is 0.419 e. The molecule has 5 heteroatoms. The van der Waals surface area contributed by atoms with Crippen LogP contribution in [0.5, 0.6) is 0 Å². The Balaban J connectivity index is 1.37. The summed E-state index contributed by atoms with van der Waals surface area (Å²) in [5, 5.41) is 0. The van der Waals surface area contributed by atoms with Crippen LogP contribution < -0.4 is 5.76 Å². The van der Waals surface area contributed by atoms with Crippen molar-refractivity contribution in [2.75, 3.05) is 19.6 Å². The number of nitrogens with zero attached hydrogens (tertiary/aromatic N) is 3. The van der Waals surface area contributed by atoms with Gasteiger partial charge in [0.05, 0.1) is 5.52 Å². The van der Waals surface area contributed by atoms with Crippen LogP contribution in [-0.2, 0) is 6.54 Å². The molecule has 0 amide bonds. The second-order valence-electron chi connectivity index (χ2n) is 6.38. The van der Waals surface area contributed by atoms with E-state index in [4.69, 9.17) is 4.42 Å². The first-order valence-electron chi connectivity index (χ1n) is 8.52. The molecule has 4 rings (SSSR count). The second-order valence-corrected chi connectivity index (χ2v) is 6.38. The van der Waals surface area contributed by atoms with Gasteiger partial charge in [-0.05, 0) is 61.7 Å². The fourth-order valence-electron chi connectivity index (χ4n) is 3.59. The maximum absolute atomic E-state index is 12.0. The highest BCUT2D eigenvalue weighted by atomic mass is 16.4. The number of benzene rings is 1. The summed E-state index contributed by atoms with van der Waals surface area (Å²) in [6.07, 6.45) is 6.06. The van der Waals surface area contributed by atoms with E-state index in [1.165, 1.54) is 5.56 Å². The van der Waals surface area contributed by atoms with Gasteiger partial charge in [-0.15, -0.1) is 0 Å². The van der Waals surface area contributed by atoms with Gasteiger partial charge < -0.3 is 9.32 Å². The molecule has 0 aliphatic carbocycles. The third-order valence-corrected chi connectivity index (χ3v) is 4.98. The largest absolute Gasteiger partial charge is 0.419 e. The average molecular weight is 323 g/mol. The molecule has 0 unspecified atom stereocenters. The van der Waals surface area contributed by atoms with Gasteiger partial charge >= 0.3 is 5.76 Å². The highest BCUT2D eigenvalue weighted by Crippen LogP contribution is 2.27. The predicted molar refractivity (Wildman–Crippen MR) is 93.1 cm³/mol. The van der Waals surface area contributed by atoms with Gasteiger partial charge in [0.15, 0.2) is 5.58 Å². The third-order valence-electron chi connectivity index (χ3n) is 4.98. The summed E-state index contributed by atoms with van der Waals surface area (Å²) in [5.41, 5.74) is 2.94. The normalized spacial score (nSPS) is 16.7. The zero-order chi connectivity index (χ0) is 16.4. The number of para-hydroxylation sites is 2. The van der Waals surface area contributed by atoms with Crippen LogP contribution >= 0.6 is 0 Å². The van der Waals surface area contributed by atoms with E-state index in [1.807, 2.05) is 36.7 Å². The van der Waals surface area contributed by atoms with Crippen molar-refractivity contribution in [3.05, 3.63) is 64.9 Å². The lowest BCUT2D eigenvalue weighted by Crippen LogP contribution is -2.36. The molecule has 0 atom stereocenters. The van der Waals surface area contributed by atoms with Crippen molar-refractivity contribution in [3.8, 4) is 0 Å². The van der Waals surface area contributed by atoms with Crippen LogP contribution in [0.3, 0.4) is 0 Å². The van der Waals surface area contributed by atoms with Crippen LogP contribution in [0.1, 0.15) is 24.3 Å². The standard InChI is InChI=1S/C19H21N3O2/c23-19-22(17-3-1-2-4-18(17)24-19)14-13-21-11-7-16(8-12-21)15-5-9-20-10-6-15/h1-6,9-10,16H,7-8,11-14H2. The Bertz CT molecular complexity index is 861. The topological polar surface area (TPSA) is 51.3 Å². The summed E-state index contributed by atoms with van der Waals surface area (Å²) in [7, 11) is 0. The van der Waals surface area contributed by atoms with Crippen LogP contribution in [0.25, 0.3) is 11.1 Å². The van der Waals surface area contributed by atoms with Gasteiger partial charge in [-0.1, -0.05) is 12.1 Å². The minimum atomic E-state index is -0.261. The van der Waals surface area contributed by atoms with E-state index in [9.17, 15) is 4.79 Å². The summed E-state index contributed by atoms with van der Waals surface area (Å²) >= 11 is 0. The Labute approximate surface area is 140 Å². The van der Waals surface area contributed by atoms with Gasteiger partial charge in [0.25, 0.3) is 0 Å². The lowest BCUT2D eigenvalue weighted by atomic mass is 9.90. The number of piperidine rings is 1. The van der Waals surface area contributed by atoms with Crippen LogP contribution in [0, 0.1) is 0 Å². The lowest BCUT2D eigenvalue weighted by molar-refractivity contribution is 0.204. The summed E-state index contributed by atoms with van der Waals surface area (Å²) < 4.78 is 7.04. The van der Waals surface area contributed by atoms with Crippen molar-refractivity contribution in [3.63, 3.8) is 0 Å². The number of rotatable bonds is 4. The van der Waals surface area contributed by atoms with Crippen molar-refractivity contribution in [1.82, 2.24) is 14.5 Å². The number of aromatic nitrogens is 2. The molecule has 24 heavy (non-hydrogen) atoms. The van der Waals surface area contributed by atoms with Crippen molar-refractivity contribution in [2.45, 2.75) is 25.3 Å². The average Bonchev–Trinajstić information content (AvgIpc) is 2.96. The molecule has 0 radical (unpaired) electrons. The van der Waals surface area contributed by atoms with Crippen molar-refractivity contribution in [1.29, 1.82) is 0 Å². The molecular weight excluding hydrogens is 302 g/mol. The zero-order valence-corrected chi connectivity index (χ0v) is 13.6. The molecule has 0 bridgehead atoms. The maximum atomic E-state index is 12.0. The Hall–Kier alpha value is -2.40. The van der Waals surface area contributed by atoms with E-state index in [1.54, 1.807) is 4.57 Å². The fraction of sp³-hybridized carbons (Fsp3) is 0.368. The van der Waals surface area contributed by atoms with Crippen molar-refractivity contribution in [2.24, 2.45) is 0 Å². The zero-order valence-electron chi connectivity index (χ0n) is 13.6. The third kappa shape index (κ3) is 2.99. The minimum absolute atomic E-state index is 0.261. The molecule has 3 heterocycles. The molecule has 124 valence electrons. The minimum Gasteiger partial charge on any atom is -0.408 e. The van der Waals surface area contributed by atoms with E-state index < -0.39 is 0 Å². The Morgan fingerprint density at radius 2 is 1.79 bits per heavy atom. The molecular formula is C19H21N3O2. The number of hydrogen-bond acceptors (Lipinski definition) is 4. The molecule has 1 aliphatic rings. The first-order valence-corrected chi connectivity index (χ1v) is 8.52. The van der Waals surface area contributed by atoms with Crippen molar-refractivity contribution >= 4 is 11.1 Å². The van der Waals surface area contributed by atoms with Crippen molar-refractivity contribution < 1.29 is 4.42 Å². The van der Waals surface area contributed by atoms with Gasteiger partial charge in [0.1, 0.15) is 0 Å². The molecule has 3 aromatic rings. The second kappa shape index (κ2) is 6.61. The van der Waals surface area contributed by atoms with E-state index in [0.717, 1.165) is 38.0 Å². The van der Waals surface area contributed by atoms with Gasteiger partial charge in [0.2, 0.25) is 0 Å². The Kier molecular flexibility index (Phi) is 4.17. The molecule has 5 nitrogen and oxygen atoms in total. The number of likely N-dealkylation sites (tertiary alicyclic amines) is 1. The smallest absolute Gasteiger partial charge is 0.408 e. The van der Waals surface area contributed by atoms with Crippen LogP contribution in [0.4, 0.5) is 0 Å². The Morgan fingerprint density at radius 1 is 1.04 bits per heavy atom. The number of pyridine rings is 1. The van der Waals surface area contributed by atoms with E-state index in [-0.39, 0.29) is 5.76 Å². The van der Waals surface area contributed by atoms with E-state index in [0.29, 0.717) is 18.0 Å². The monoisotopic (exact) mass is 323 g/mol. The molecule has 1 aliphatic heterocycles. The van der Waals surface area contributed by atoms with E-state index in [2.05, 4.69) is 22.0 Å². The predicted octanol–water partition coefficient (Wildman–Crippen LogP) is 2.87. The summed E-state index contributed by atoms with van der Waals surface area (Å²) in [6, 6.07) is 11.9. The van der Waals surface area contributed by atoms with Crippen LogP contribution in [-0.4, -0.2) is 34.1 Å². The molecule has 0 saturated carbocycles. The van der Waals surface area contributed by atoms with Gasteiger partial charge in [-0.2, -0.15) is 0 Å². The highest BCUT2D eigenvalue weighted by Gasteiger charge is 2.20. The summed E-state index contributed by atoms with van der Waals surface area (Å²) in [5.74, 6) is 0.365. The molecule has 1 aromatic carbocycles. The lowest BCUT2D eigenvalue weighted by Gasteiger charge is -2.32. The highest BCUT2D eigenvalue weighted by molar-refractivity contribution is 5.72. The molecule has 2 aromatic heterocycles. The van der Waals surface area contributed by atoms with Crippen LogP contribution in [0.2, 0.25) is 0 Å². The first-order chi connectivity index (χ1) is 11.8. The molecule has 1 saturated heterocycles. The van der Waals surface area contributed by atoms with Crippen LogP contribution in [0.15, 0.2) is 58.0 Å². The quantitative estimate of drug-likeness (QED) is 0.741. The van der Waals surface area contributed by atoms with E-state index >= 15 is 0 Å². The summed E-state index contributed by atoms with van der Waals surface area (Å²) in [6.45, 7) is 3.69. The first kappa shape index (κ1) is 15.1.